The summed E-state index contributed by atoms with van der Waals surface area (Å²) >= 11 is 1.72. The maximum absolute atomic E-state index is 12.8. The number of nitrogens with one attached hydrogen (secondary N) is 1. The summed E-state index contributed by atoms with van der Waals surface area (Å²) in [6.07, 6.45) is 0. The van der Waals surface area contributed by atoms with Gasteiger partial charge in [-0.1, -0.05) is 87.4 Å². The molecule has 2 aromatic carbocycles. The molecule has 1 N–H and O–H groups in total. The molecule has 0 bridgehead atoms. The van der Waals surface area contributed by atoms with Crippen LogP contribution in [0.3, 0.4) is 0 Å². The van der Waals surface area contributed by atoms with Crippen LogP contribution < -0.4 is 5.32 Å². The third-order valence-electron chi connectivity index (χ3n) is 5.68. The molecule has 2 atom stereocenters. The number of benzene rings is 2. The van der Waals surface area contributed by atoms with E-state index in [1.165, 1.54) is 16.0 Å². The first-order valence-electron chi connectivity index (χ1n) is 10.7. The number of Topliss-reactive ketones (excluding diaryl/α,β-unsaturated/α-hetero) is 1. The summed E-state index contributed by atoms with van der Waals surface area (Å²) in [5.74, 6) is 0.759. The number of hydrogen-bond donors (Lipinski definition) is 1. The average Bonchev–Trinajstić information content (AvgIpc) is 3.16. The smallest absolute Gasteiger partial charge is 0.183 e. The number of aromatic nitrogens is 1. The fourth-order valence-electron chi connectivity index (χ4n) is 3.38. The van der Waals surface area contributed by atoms with Crippen LogP contribution in [-0.2, 0) is 0 Å². The summed E-state index contributed by atoms with van der Waals surface area (Å²) in [6.45, 7) is 13.4. The molecule has 0 saturated heterocycles. The van der Waals surface area contributed by atoms with Crippen LogP contribution in [0.1, 0.15) is 60.0 Å². The lowest BCUT2D eigenvalue weighted by molar-refractivity contribution is 0.0897. The molecule has 3 nitrogen and oxygen atoms in total. The highest BCUT2D eigenvalue weighted by atomic mass is 32.1. The summed E-state index contributed by atoms with van der Waals surface area (Å²) in [4.78, 5) is 19.0. The van der Waals surface area contributed by atoms with Crippen molar-refractivity contribution in [3.63, 3.8) is 0 Å². The van der Waals surface area contributed by atoms with Crippen molar-refractivity contribution < 1.29 is 4.79 Å². The van der Waals surface area contributed by atoms with Crippen LogP contribution in [0.2, 0.25) is 0 Å². The molecule has 0 aliphatic rings. The van der Waals surface area contributed by atoms with E-state index in [9.17, 15) is 4.79 Å². The molecule has 3 aromatic rings. The molecule has 0 spiro atoms. The van der Waals surface area contributed by atoms with Gasteiger partial charge < -0.3 is 5.32 Å². The molecule has 0 amide bonds. The molecule has 1 heterocycles. The maximum atomic E-state index is 12.8. The summed E-state index contributed by atoms with van der Waals surface area (Å²) < 4.78 is 0. The Morgan fingerprint density at radius 1 is 0.933 bits per heavy atom. The van der Waals surface area contributed by atoms with Gasteiger partial charge in [0.05, 0.1) is 5.69 Å². The van der Waals surface area contributed by atoms with Crippen molar-refractivity contribution in [2.24, 2.45) is 11.8 Å². The van der Waals surface area contributed by atoms with Gasteiger partial charge in [0.25, 0.3) is 0 Å². The first kappa shape index (κ1) is 22.2. The lowest BCUT2D eigenvalue weighted by Gasteiger charge is -2.19. The van der Waals surface area contributed by atoms with E-state index in [-0.39, 0.29) is 17.6 Å². The Morgan fingerprint density at radius 3 is 2.07 bits per heavy atom. The largest absolute Gasteiger partial charge is 0.361 e. The van der Waals surface area contributed by atoms with E-state index < -0.39 is 0 Å². The minimum Gasteiger partial charge on any atom is -0.361 e. The van der Waals surface area contributed by atoms with E-state index >= 15 is 0 Å². The number of rotatable bonds is 8. The van der Waals surface area contributed by atoms with E-state index in [1.54, 1.807) is 11.3 Å². The molecule has 0 fully saturated rings. The lowest BCUT2D eigenvalue weighted by Crippen LogP contribution is -2.25. The summed E-state index contributed by atoms with van der Waals surface area (Å²) in [7, 11) is 0. The van der Waals surface area contributed by atoms with Gasteiger partial charge in [-0.05, 0) is 25.7 Å². The molecular weight excluding hydrogens is 388 g/mol. The number of carbonyl (C=O) groups excluding carboxylic acids is 1. The van der Waals surface area contributed by atoms with Crippen molar-refractivity contribution in [1.29, 1.82) is 0 Å². The monoisotopic (exact) mass is 420 g/mol. The molecule has 2 unspecified atom stereocenters. The molecule has 0 radical (unpaired) electrons. The molecule has 3 rings (SSSR count). The van der Waals surface area contributed by atoms with Gasteiger partial charge >= 0.3 is 0 Å². The number of anilines is 1. The van der Waals surface area contributed by atoms with Gasteiger partial charge in [-0.15, -0.1) is 11.3 Å². The molecule has 30 heavy (non-hydrogen) atoms. The predicted molar refractivity (Wildman–Crippen MR) is 129 cm³/mol. The van der Waals surface area contributed by atoms with Crippen LogP contribution in [0, 0.1) is 25.7 Å². The zero-order valence-corrected chi connectivity index (χ0v) is 19.6. The normalized spacial score (nSPS) is 13.3. The van der Waals surface area contributed by atoms with Gasteiger partial charge in [-0.3, -0.25) is 4.79 Å². The molecule has 0 aliphatic heterocycles. The minimum atomic E-state index is -0.0543. The summed E-state index contributed by atoms with van der Waals surface area (Å²) in [5, 5.41) is 4.42. The summed E-state index contributed by atoms with van der Waals surface area (Å²) in [6, 6.07) is 16.4. The van der Waals surface area contributed by atoms with E-state index in [4.69, 9.17) is 4.98 Å². The van der Waals surface area contributed by atoms with Crippen molar-refractivity contribution >= 4 is 22.3 Å². The lowest BCUT2D eigenvalue weighted by atomic mass is 9.88. The molecule has 0 aliphatic carbocycles. The number of carbonyl (C=O) groups is 1. The number of aryl methyl sites for hydroxylation is 2. The van der Waals surface area contributed by atoms with Crippen LogP contribution in [0.25, 0.3) is 11.3 Å². The van der Waals surface area contributed by atoms with Crippen LogP contribution in [0.15, 0.2) is 48.5 Å². The first-order valence-corrected chi connectivity index (χ1v) is 11.5. The topological polar surface area (TPSA) is 42.0 Å². The standard InChI is InChI=1S/C26H32N2OS/c1-16(2)25-23(21-11-7-17(3)8-12-21)28-26(30-25)27-15-19(5)20(6)24(29)22-13-9-18(4)10-14-22/h7-14,16,19-20H,15H2,1-6H3,(H,27,28). The number of thiazole rings is 1. The number of nitrogens with zero attached hydrogens (tertiary/aromatic N) is 1. The Hall–Kier alpha value is -2.46. The van der Waals surface area contributed by atoms with Crippen molar-refractivity contribution in [2.45, 2.75) is 47.5 Å². The second-order valence-electron chi connectivity index (χ2n) is 8.63. The second-order valence-corrected chi connectivity index (χ2v) is 9.66. The van der Waals surface area contributed by atoms with Crippen LogP contribution in [0.4, 0.5) is 5.13 Å². The molecular formula is C26H32N2OS. The van der Waals surface area contributed by atoms with Crippen molar-refractivity contribution in [1.82, 2.24) is 4.98 Å². The van der Waals surface area contributed by atoms with E-state index in [1.807, 2.05) is 38.1 Å². The quantitative estimate of drug-likeness (QED) is 0.395. The van der Waals surface area contributed by atoms with E-state index in [0.29, 0.717) is 5.92 Å². The Bertz CT molecular complexity index is 987. The number of hydrogen-bond acceptors (Lipinski definition) is 4. The van der Waals surface area contributed by atoms with Crippen LogP contribution in [0.5, 0.6) is 0 Å². The SMILES string of the molecule is Cc1ccc(C(=O)C(C)C(C)CNc2nc(-c3ccc(C)cc3)c(C(C)C)s2)cc1. The zero-order valence-electron chi connectivity index (χ0n) is 18.8. The molecule has 4 heteroatoms. The maximum Gasteiger partial charge on any atom is 0.183 e. The predicted octanol–water partition coefficient (Wildman–Crippen LogP) is 7.12. The molecule has 0 saturated carbocycles. The molecule has 158 valence electrons. The second kappa shape index (κ2) is 9.57. The van der Waals surface area contributed by atoms with Crippen molar-refractivity contribution in [3.8, 4) is 11.3 Å². The Kier molecular flexibility index (Phi) is 7.09. The van der Waals surface area contributed by atoms with Crippen molar-refractivity contribution in [2.75, 3.05) is 11.9 Å². The highest BCUT2D eigenvalue weighted by Gasteiger charge is 2.22. The van der Waals surface area contributed by atoms with Gasteiger partial charge in [0.15, 0.2) is 10.9 Å². The minimum absolute atomic E-state index is 0.0543. The van der Waals surface area contributed by atoms with Gasteiger partial charge in [0.1, 0.15) is 0 Å². The van der Waals surface area contributed by atoms with E-state index in [2.05, 4.69) is 57.3 Å². The first-order chi connectivity index (χ1) is 14.3. The Balaban J connectivity index is 1.70. The van der Waals surface area contributed by atoms with Crippen molar-refractivity contribution in [3.05, 3.63) is 70.1 Å². The highest BCUT2D eigenvalue weighted by Crippen LogP contribution is 2.36. The van der Waals surface area contributed by atoms with Gasteiger partial charge in [-0.2, -0.15) is 0 Å². The Morgan fingerprint density at radius 2 is 1.50 bits per heavy atom. The van der Waals surface area contributed by atoms with Gasteiger partial charge in [0.2, 0.25) is 0 Å². The fourth-order valence-corrected chi connectivity index (χ4v) is 4.38. The van der Waals surface area contributed by atoms with Crippen LogP contribution >= 0.6 is 11.3 Å². The van der Waals surface area contributed by atoms with Gasteiger partial charge in [-0.25, -0.2) is 4.98 Å². The Labute approximate surface area is 184 Å². The third-order valence-corrected chi connectivity index (χ3v) is 6.99. The highest BCUT2D eigenvalue weighted by molar-refractivity contribution is 7.16. The third kappa shape index (κ3) is 5.17. The molecule has 1 aromatic heterocycles. The fraction of sp³-hybridized carbons (Fsp3) is 0.385. The zero-order chi connectivity index (χ0) is 21.8. The summed E-state index contributed by atoms with van der Waals surface area (Å²) in [5.41, 5.74) is 5.43. The number of ketones is 1. The van der Waals surface area contributed by atoms with Crippen LogP contribution in [-0.4, -0.2) is 17.3 Å². The average molecular weight is 421 g/mol. The van der Waals surface area contributed by atoms with Gasteiger partial charge in [0, 0.05) is 28.5 Å². The van der Waals surface area contributed by atoms with E-state index in [0.717, 1.165) is 28.5 Å².